The fourth-order valence-electron chi connectivity index (χ4n) is 3.07. The first-order valence-corrected chi connectivity index (χ1v) is 9.64. The average molecular weight is 374 g/mol. The molecule has 27 heavy (non-hydrogen) atoms. The summed E-state index contributed by atoms with van der Waals surface area (Å²) in [5.41, 5.74) is 0.499. The highest BCUT2D eigenvalue weighted by Gasteiger charge is 2.37. The number of benzene rings is 1. The van der Waals surface area contributed by atoms with Crippen LogP contribution < -0.4 is 10.6 Å². The van der Waals surface area contributed by atoms with Crippen molar-refractivity contribution in [2.45, 2.75) is 58.7 Å². The molecule has 3 unspecified atom stereocenters. The third kappa shape index (κ3) is 5.63. The number of hydrogen-bond acceptors (Lipinski definition) is 4. The number of Topliss-reactive ketones (excluding diaryl/α,β-unsaturated/α-hetero) is 1. The summed E-state index contributed by atoms with van der Waals surface area (Å²) < 4.78 is 5.43. The molecule has 0 radical (unpaired) electrons. The molecule has 4 atom stereocenters. The van der Waals surface area contributed by atoms with Gasteiger partial charge in [0.2, 0.25) is 5.91 Å². The molecule has 1 saturated heterocycles. The molecule has 1 fully saturated rings. The van der Waals surface area contributed by atoms with Gasteiger partial charge in [-0.05, 0) is 36.8 Å². The van der Waals surface area contributed by atoms with Crippen LogP contribution in [0.3, 0.4) is 0 Å². The first-order valence-electron chi connectivity index (χ1n) is 9.64. The number of amides is 2. The van der Waals surface area contributed by atoms with Crippen LogP contribution in [-0.4, -0.2) is 42.4 Å². The molecule has 1 aliphatic rings. The molecule has 6 heteroatoms. The highest BCUT2D eigenvalue weighted by Crippen LogP contribution is 2.18. The van der Waals surface area contributed by atoms with E-state index in [1.54, 1.807) is 24.3 Å². The highest BCUT2D eigenvalue weighted by molar-refractivity contribution is 5.98. The van der Waals surface area contributed by atoms with Crippen LogP contribution in [0.25, 0.3) is 0 Å². The van der Waals surface area contributed by atoms with Gasteiger partial charge in [-0.1, -0.05) is 45.9 Å². The second-order valence-electron chi connectivity index (χ2n) is 7.56. The number of nitrogens with one attached hydrogen (secondary N) is 2. The molecule has 0 bridgehead atoms. The summed E-state index contributed by atoms with van der Waals surface area (Å²) in [6.07, 6.45) is 0.829. The number of ketones is 1. The molecule has 1 aromatic carbocycles. The highest BCUT2D eigenvalue weighted by atomic mass is 16.5. The Kier molecular flexibility index (Phi) is 7.54. The van der Waals surface area contributed by atoms with E-state index in [2.05, 4.69) is 31.4 Å². The van der Waals surface area contributed by atoms with Crippen LogP contribution >= 0.6 is 0 Å². The lowest BCUT2D eigenvalue weighted by Crippen LogP contribution is -2.53. The SMILES string of the molecule is CCC1OCC(=O)C1NC(=O)[C@H](CC(C)C(C)C)NC(=O)c1ccccc1. The zero-order valence-corrected chi connectivity index (χ0v) is 16.5. The summed E-state index contributed by atoms with van der Waals surface area (Å²) >= 11 is 0. The molecule has 2 amide bonds. The van der Waals surface area contributed by atoms with E-state index < -0.39 is 12.1 Å². The molecule has 2 rings (SSSR count). The second-order valence-corrected chi connectivity index (χ2v) is 7.56. The van der Waals surface area contributed by atoms with E-state index in [9.17, 15) is 14.4 Å². The average Bonchev–Trinajstić information content (AvgIpc) is 3.01. The first-order chi connectivity index (χ1) is 12.8. The zero-order chi connectivity index (χ0) is 20.0. The lowest BCUT2D eigenvalue weighted by atomic mass is 9.90. The Morgan fingerprint density at radius 3 is 2.44 bits per heavy atom. The van der Waals surface area contributed by atoms with Crippen molar-refractivity contribution in [1.29, 1.82) is 0 Å². The quantitative estimate of drug-likeness (QED) is 0.731. The normalized spacial score (nSPS) is 21.7. The molecule has 0 saturated carbocycles. The van der Waals surface area contributed by atoms with Gasteiger partial charge in [-0.25, -0.2) is 0 Å². The third-order valence-corrected chi connectivity index (χ3v) is 5.26. The summed E-state index contributed by atoms with van der Waals surface area (Å²) in [4.78, 5) is 37.5. The molecule has 148 valence electrons. The van der Waals surface area contributed by atoms with E-state index >= 15 is 0 Å². The number of rotatable bonds is 8. The van der Waals surface area contributed by atoms with Gasteiger partial charge in [0.05, 0.1) is 6.10 Å². The number of carbonyl (C=O) groups is 3. The van der Waals surface area contributed by atoms with Gasteiger partial charge >= 0.3 is 0 Å². The van der Waals surface area contributed by atoms with Crippen LogP contribution in [0.15, 0.2) is 30.3 Å². The summed E-state index contributed by atoms with van der Waals surface area (Å²) in [5, 5.41) is 5.64. The zero-order valence-electron chi connectivity index (χ0n) is 16.5. The van der Waals surface area contributed by atoms with Crippen LogP contribution in [0.1, 0.15) is 50.9 Å². The van der Waals surface area contributed by atoms with Gasteiger partial charge in [0.15, 0.2) is 5.78 Å². The van der Waals surface area contributed by atoms with Gasteiger partial charge in [0.25, 0.3) is 5.91 Å². The molecule has 6 nitrogen and oxygen atoms in total. The van der Waals surface area contributed by atoms with Crippen LogP contribution in [0, 0.1) is 11.8 Å². The van der Waals surface area contributed by atoms with Crippen molar-refractivity contribution in [3.8, 4) is 0 Å². The summed E-state index contributed by atoms with van der Waals surface area (Å²) in [5.74, 6) is -0.162. The monoisotopic (exact) mass is 374 g/mol. The first kappa shape index (κ1) is 21.1. The Morgan fingerprint density at radius 2 is 1.85 bits per heavy atom. The minimum Gasteiger partial charge on any atom is -0.368 e. The Hall–Kier alpha value is -2.21. The molecule has 1 heterocycles. The van der Waals surface area contributed by atoms with Crippen molar-refractivity contribution in [2.24, 2.45) is 11.8 Å². The lowest BCUT2D eigenvalue weighted by molar-refractivity contribution is -0.128. The Labute approximate surface area is 161 Å². The molecule has 0 aromatic heterocycles. The van der Waals surface area contributed by atoms with E-state index in [0.29, 0.717) is 24.3 Å². The molecule has 1 aliphatic heterocycles. The number of hydrogen-bond donors (Lipinski definition) is 2. The number of ether oxygens (including phenoxy) is 1. The Balaban J connectivity index is 2.12. The Bertz CT molecular complexity index is 659. The van der Waals surface area contributed by atoms with Gasteiger partial charge in [-0.15, -0.1) is 0 Å². The van der Waals surface area contributed by atoms with Crippen molar-refractivity contribution in [3.63, 3.8) is 0 Å². The van der Waals surface area contributed by atoms with Gasteiger partial charge in [-0.2, -0.15) is 0 Å². The maximum absolute atomic E-state index is 12.9. The van der Waals surface area contributed by atoms with Crippen LogP contribution in [0.2, 0.25) is 0 Å². The maximum Gasteiger partial charge on any atom is 0.251 e. The summed E-state index contributed by atoms with van der Waals surface area (Å²) in [7, 11) is 0. The van der Waals surface area contributed by atoms with E-state index in [1.807, 2.05) is 13.0 Å². The van der Waals surface area contributed by atoms with Gasteiger partial charge in [-0.3, -0.25) is 14.4 Å². The van der Waals surface area contributed by atoms with Crippen molar-refractivity contribution >= 4 is 17.6 Å². The summed E-state index contributed by atoms with van der Waals surface area (Å²) in [6, 6.07) is 7.45. The lowest BCUT2D eigenvalue weighted by Gasteiger charge is -2.26. The van der Waals surface area contributed by atoms with Crippen LogP contribution in [0.5, 0.6) is 0 Å². The van der Waals surface area contributed by atoms with E-state index in [-0.39, 0.29) is 36.2 Å². The standard InChI is InChI=1S/C21H30N2O4/c1-5-18-19(17(24)12-27-18)23-21(26)16(11-14(4)13(2)3)22-20(25)15-9-7-6-8-10-15/h6-10,13-14,16,18-19H,5,11-12H2,1-4H3,(H,22,25)(H,23,26)/t14?,16-,18?,19?/m0/s1. The molecular formula is C21H30N2O4. The second kappa shape index (κ2) is 9.65. The molecule has 1 aromatic rings. The van der Waals surface area contributed by atoms with Crippen molar-refractivity contribution in [3.05, 3.63) is 35.9 Å². The largest absolute Gasteiger partial charge is 0.368 e. The third-order valence-electron chi connectivity index (χ3n) is 5.26. The van der Waals surface area contributed by atoms with Crippen molar-refractivity contribution in [2.75, 3.05) is 6.61 Å². The summed E-state index contributed by atoms with van der Waals surface area (Å²) in [6.45, 7) is 8.16. The van der Waals surface area contributed by atoms with Gasteiger partial charge in [0, 0.05) is 5.56 Å². The predicted octanol–water partition coefficient (Wildman–Crippen LogP) is 2.33. The molecule has 2 N–H and O–H groups in total. The Morgan fingerprint density at radius 1 is 1.19 bits per heavy atom. The fraction of sp³-hybridized carbons (Fsp3) is 0.571. The number of carbonyl (C=O) groups excluding carboxylic acids is 3. The van der Waals surface area contributed by atoms with Crippen LogP contribution in [-0.2, 0) is 14.3 Å². The minimum absolute atomic E-state index is 0.0207. The predicted molar refractivity (Wildman–Crippen MR) is 103 cm³/mol. The van der Waals surface area contributed by atoms with Gasteiger partial charge < -0.3 is 15.4 Å². The smallest absolute Gasteiger partial charge is 0.251 e. The maximum atomic E-state index is 12.9. The molecular weight excluding hydrogens is 344 g/mol. The van der Waals surface area contributed by atoms with Gasteiger partial charge in [0.1, 0.15) is 18.7 Å². The topological polar surface area (TPSA) is 84.5 Å². The van der Waals surface area contributed by atoms with E-state index in [4.69, 9.17) is 4.74 Å². The minimum atomic E-state index is -0.707. The van der Waals surface area contributed by atoms with Crippen LogP contribution in [0.4, 0.5) is 0 Å². The van der Waals surface area contributed by atoms with Crippen molar-refractivity contribution < 1.29 is 19.1 Å². The molecule has 0 aliphatic carbocycles. The van der Waals surface area contributed by atoms with E-state index in [0.717, 1.165) is 0 Å². The molecule has 0 spiro atoms. The van der Waals surface area contributed by atoms with Crippen molar-refractivity contribution in [1.82, 2.24) is 10.6 Å². The fourth-order valence-corrected chi connectivity index (χ4v) is 3.07. The van der Waals surface area contributed by atoms with E-state index in [1.165, 1.54) is 0 Å².